The van der Waals surface area contributed by atoms with E-state index in [2.05, 4.69) is 21.4 Å². The zero-order valence-corrected chi connectivity index (χ0v) is 10.5. The molecule has 0 aromatic rings. The van der Waals surface area contributed by atoms with Crippen molar-refractivity contribution >= 4 is 30.6 Å². The van der Waals surface area contributed by atoms with E-state index in [4.69, 9.17) is 4.21 Å². The summed E-state index contributed by atoms with van der Waals surface area (Å²) >= 11 is 0. The summed E-state index contributed by atoms with van der Waals surface area (Å²) in [4.78, 5) is 0. The Hall–Kier alpha value is 0.730. The van der Waals surface area contributed by atoms with Crippen LogP contribution in [0.15, 0.2) is 0 Å². The van der Waals surface area contributed by atoms with Crippen LogP contribution in [0.4, 0.5) is 0 Å². The lowest BCUT2D eigenvalue weighted by molar-refractivity contribution is 0.0198. The van der Waals surface area contributed by atoms with Crippen molar-refractivity contribution in [2.75, 3.05) is 0 Å². The van der Waals surface area contributed by atoms with E-state index >= 15 is 0 Å². The number of hydrogen-bond acceptors (Lipinski definition) is 1. The molecule has 4 bridgehead atoms. The Morgan fingerprint density at radius 3 is 1.00 bits per heavy atom. The standard InChI is InChI=1S/C10H16.Cl2OS/c1-7-2-9-4-8(1)5-10(3-7)6-9;1-4(2)3/h7-10H,1-6H2;. The van der Waals surface area contributed by atoms with Gasteiger partial charge in [0.2, 0.25) is 9.23 Å². The highest BCUT2D eigenvalue weighted by atomic mass is 36.0. The first-order valence-electron chi connectivity index (χ1n) is 5.37. The molecule has 4 saturated carbocycles. The lowest BCUT2D eigenvalue weighted by atomic mass is 9.56. The van der Waals surface area contributed by atoms with Crippen LogP contribution in [0.2, 0.25) is 0 Å². The zero-order valence-electron chi connectivity index (χ0n) is 8.12. The first kappa shape index (κ1) is 11.2. The third-order valence-electron chi connectivity index (χ3n) is 4.00. The maximum Gasteiger partial charge on any atom is 0.211 e. The van der Waals surface area contributed by atoms with Gasteiger partial charge in [-0.2, -0.15) is 0 Å². The fourth-order valence-corrected chi connectivity index (χ4v) is 3.98. The minimum absolute atomic E-state index is 1.18. The van der Waals surface area contributed by atoms with Gasteiger partial charge in [0.1, 0.15) is 0 Å². The molecule has 1 nitrogen and oxygen atoms in total. The Morgan fingerprint density at radius 2 is 0.857 bits per heavy atom. The zero-order chi connectivity index (χ0) is 10.1. The first-order valence-corrected chi connectivity index (χ1v) is 8.18. The highest BCUT2D eigenvalue weighted by Crippen LogP contribution is 2.53. The molecule has 4 aliphatic rings. The van der Waals surface area contributed by atoms with E-state index in [-0.39, 0.29) is 0 Å². The highest BCUT2D eigenvalue weighted by molar-refractivity contribution is 8.26. The maximum atomic E-state index is 9.09. The summed E-state index contributed by atoms with van der Waals surface area (Å²) in [5.74, 6) is 4.71. The summed E-state index contributed by atoms with van der Waals surface area (Å²) in [6.07, 6.45) is 9.62. The monoisotopic (exact) mass is 254 g/mol. The van der Waals surface area contributed by atoms with Crippen LogP contribution in [0.3, 0.4) is 0 Å². The van der Waals surface area contributed by atoms with Gasteiger partial charge < -0.3 is 0 Å². The lowest BCUT2D eigenvalue weighted by Gasteiger charge is -2.49. The van der Waals surface area contributed by atoms with Crippen molar-refractivity contribution in [3.8, 4) is 0 Å². The van der Waals surface area contributed by atoms with Gasteiger partial charge in [0.05, 0.1) is 0 Å². The average molecular weight is 255 g/mol. The van der Waals surface area contributed by atoms with E-state index in [1.807, 2.05) is 0 Å². The van der Waals surface area contributed by atoms with Crippen molar-refractivity contribution in [3.05, 3.63) is 0 Å². The predicted octanol–water partition coefficient (Wildman–Crippen LogP) is 3.88. The minimum atomic E-state index is -1.67. The van der Waals surface area contributed by atoms with E-state index in [1.54, 1.807) is 38.5 Å². The fourth-order valence-electron chi connectivity index (χ4n) is 3.98. The van der Waals surface area contributed by atoms with Crippen LogP contribution in [0.5, 0.6) is 0 Å². The van der Waals surface area contributed by atoms with Crippen LogP contribution in [-0.4, -0.2) is 4.21 Å². The van der Waals surface area contributed by atoms with Crippen LogP contribution < -0.4 is 0 Å². The van der Waals surface area contributed by atoms with Gasteiger partial charge in [0.15, 0.2) is 0 Å². The molecule has 0 saturated heterocycles. The molecule has 0 aliphatic heterocycles. The molecule has 14 heavy (non-hydrogen) atoms. The quantitative estimate of drug-likeness (QED) is 0.600. The number of rotatable bonds is 0. The van der Waals surface area contributed by atoms with Crippen molar-refractivity contribution in [3.63, 3.8) is 0 Å². The van der Waals surface area contributed by atoms with Crippen molar-refractivity contribution < 1.29 is 4.21 Å². The molecule has 0 atom stereocenters. The van der Waals surface area contributed by atoms with Gasteiger partial charge in [-0.15, -0.1) is 0 Å². The topological polar surface area (TPSA) is 17.1 Å². The summed E-state index contributed by atoms with van der Waals surface area (Å²) < 4.78 is 9.09. The summed E-state index contributed by atoms with van der Waals surface area (Å²) in [5.41, 5.74) is 0. The van der Waals surface area contributed by atoms with Gasteiger partial charge in [-0.05, 0) is 62.2 Å². The van der Waals surface area contributed by atoms with Gasteiger partial charge in [0.25, 0.3) is 0 Å². The molecule has 82 valence electrons. The van der Waals surface area contributed by atoms with Gasteiger partial charge in [-0.3, -0.25) is 0 Å². The molecule has 0 aromatic heterocycles. The molecule has 0 radical (unpaired) electrons. The van der Waals surface area contributed by atoms with Crippen LogP contribution in [0, 0.1) is 23.7 Å². The second-order valence-electron chi connectivity index (χ2n) is 5.06. The van der Waals surface area contributed by atoms with Crippen LogP contribution in [0.1, 0.15) is 38.5 Å². The summed E-state index contributed by atoms with van der Waals surface area (Å²) in [5, 5.41) is 0. The van der Waals surface area contributed by atoms with E-state index in [0.29, 0.717) is 0 Å². The van der Waals surface area contributed by atoms with E-state index < -0.39 is 9.23 Å². The number of hydrogen-bond donors (Lipinski definition) is 0. The molecule has 4 aliphatic carbocycles. The first-order chi connectivity index (χ1) is 6.63. The Balaban J connectivity index is 0.000000165. The van der Waals surface area contributed by atoms with Crippen molar-refractivity contribution in [2.45, 2.75) is 38.5 Å². The number of halogens is 2. The molecular formula is C10H16Cl2OS. The Labute approximate surface area is 97.0 Å². The van der Waals surface area contributed by atoms with E-state index in [9.17, 15) is 0 Å². The molecule has 0 N–H and O–H groups in total. The molecule has 0 spiro atoms. The normalized spacial score (nSPS) is 43.6. The third-order valence-corrected chi connectivity index (χ3v) is 4.00. The Kier molecular flexibility index (Phi) is 3.78. The Morgan fingerprint density at radius 1 is 0.714 bits per heavy atom. The largest absolute Gasteiger partial charge is 0.225 e. The molecule has 4 heteroatoms. The Bertz CT molecular complexity index is 172. The van der Waals surface area contributed by atoms with Gasteiger partial charge in [-0.1, -0.05) is 0 Å². The fraction of sp³-hybridized carbons (Fsp3) is 1.00. The van der Waals surface area contributed by atoms with Crippen molar-refractivity contribution in [1.29, 1.82) is 0 Å². The van der Waals surface area contributed by atoms with Crippen LogP contribution >= 0.6 is 21.4 Å². The molecule has 0 aromatic carbocycles. The van der Waals surface area contributed by atoms with Crippen LogP contribution in [-0.2, 0) is 9.23 Å². The molecule has 4 rings (SSSR count). The summed E-state index contributed by atoms with van der Waals surface area (Å²) in [7, 11) is 7.36. The third kappa shape index (κ3) is 2.86. The van der Waals surface area contributed by atoms with Crippen molar-refractivity contribution in [1.82, 2.24) is 0 Å². The minimum Gasteiger partial charge on any atom is -0.225 e. The second kappa shape index (κ2) is 4.71. The maximum absolute atomic E-state index is 9.09. The molecule has 0 unspecified atom stereocenters. The second-order valence-corrected chi connectivity index (χ2v) is 7.59. The summed E-state index contributed by atoms with van der Waals surface area (Å²) in [6.45, 7) is 0. The molecule has 0 amide bonds. The van der Waals surface area contributed by atoms with Gasteiger partial charge in [0, 0.05) is 21.4 Å². The molecule has 4 fully saturated rings. The highest BCUT2D eigenvalue weighted by Gasteiger charge is 2.41. The smallest absolute Gasteiger partial charge is 0.211 e. The van der Waals surface area contributed by atoms with Gasteiger partial charge in [-0.25, -0.2) is 4.21 Å². The van der Waals surface area contributed by atoms with Crippen molar-refractivity contribution in [2.24, 2.45) is 23.7 Å². The van der Waals surface area contributed by atoms with Crippen LogP contribution in [0.25, 0.3) is 0 Å². The lowest BCUT2D eigenvalue weighted by Crippen LogP contribution is -2.38. The van der Waals surface area contributed by atoms with Gasteiger partial charge >= 0.3 is 0 Å². The van der Waals surface area contributed by atoms with E-state index in [1.165, 1.54) is 23.7 Å². The predicted molar refractivity (Wildman–Crippen MR) is 61.5 cm³/mol. The summed E-state index contributed by atoms with van der Waals surface area (Å²) in [6, 6.07) is 0. The average Bonchev–Trinajstić information content (AvgIpc) is 1.98. The SMILES string of the molecule is C1C2CC3CC1CC(C2)C3.O=S(Cl)Cl. The molecule has 0 heterocycles. The van der Waals surface area contributed by atoms with E-state index in [0.717, 1.165) is 0 Å². The molecular weight excluding hydrogens is 239 g/mol.